The van der Waals surface area contributed by atoms with Gasteiger partial charge in [0.15, 0.2) is 11.5 Å². The van der Waals surface area contributed by atoms with E-state index in [1.807, 2.05) is 42.6 Å². The molecule has 0 saturated carbocycles. The molecule has 0 N–H and O–H groups in total. The van der Waals surface area contributed by atoms with Crippen molar-refractivity contribution in [2.24, 2.45) is 0 Å². The van der Waals surface area contributed by atoms with Crippen molar-refractivity contribution in [2.45, 2.75) is 0 Å². The standard InChI is InChI=1S/C15H10N4/c1-2-14-17-15-12(9-16)8-13(10-19(15)18-14)11-6-4-3-5-7-11/h2-8,10H,1H2. The lowest BCUT2D eigenvalue weighted by Crippen LogP contribution is -1.92. The highest BCUT2D eigenvalue weighted by Crippen LogP contribution is 2.22. The third kappa shape index (κ3) is 1.87. The van der Waals surface area contributed by atoms with Gasteiger partial charge in [0.25, 0.3) is 0 Å². The highest BCUT2D eigenvalue weighted by atomic mass is 15.3. The van der Waals surface area contributed by atoms with Gasteiger partial charge in [0.2, 0.25) is 0 Å². The summed E-state index contributed by atoms with van der Waals surface area (Å²) in [5.74, 6) is 0.515. The fourth-order valence-corrected chi connectivity index (χ4v) is 1.96. The first-order valence-corrected chi connectivity index (χ1v) is 5.80. The summed E-state index contributed by atoms with van der Waals surface area (Å²) < 4.78 is 1.62. The Balaban J connectivity index is 2.29. The van der Waals surface area contributed by atoms with E-state index in [2.05, 4.69) is 22.7 Å². The van der Waals surface area contributed by atoms with Crippen LogP contribution >= 0.6 is 0 Å². The number of pyridine rings is 1. The third-order valence-electron chi connectivity index (χ3n) is 2.86. The molecular formula is C15H10N4. The van der Waals surface area contributed by atoms with Crippen LogP contribution in [0.25, 0.3) is 22.9 Å². The number of nitrogens with zero attached hydrogens (tertiary/aromatic N) is 4. The summed E-state index contributed by atoms with van der Waals surface area (Å²) in [7, 11) is 0. The number of hydrogen-bond donors (Lipinski definition) is 0. The van der Waals surface area contributed by atoms with Crippen LogP contribution in [0.5, 0.6) is 0 Å². The number of rotatable bonds is 2. The summed E-state index contributed by atoms with van der Waals surface area (Å²) in [4.78, 5) is 4.25. The van der Waals surface area contributed by atoms with Crippen molar-refractivity contribution < 1.29 is 0 Å². The lowest BCUT2D eigenvalue weighted by atomic mass is 10.1. The molecule has 2 aromatic heterocycles. The van der Waals surface area contributed by atoms with E-state index in [4.69, 9.17) is 0 Å². The van der Waals surface area contributed by atoms with E-state index in [0.717, 1.165) is 11.1 Å². The normalized spacial score (nSPS) is 10.3. The Labute approximate surface area is 110 Å². The van der Waals surface area contributed by atoms with Crippen LogP contribution < -0.4 is 0 Å². The molecule has 1 aromatic carbocycles. The minimum Gasteiger partial charge on any atom is -0.219 e. The first-order chi connectivity index (χ1) is 9.31. The topological polar surface area (TPSA) is 54.0 Å². The monoisotopic (exact) mass is 246 g/mol. The van der Waals surface area contributed by atoms with Crippen molar-refractivity contribution in [1.82, 2.24) is 14.6 Å². The summed E-state index contributed by atoms with van der Waals surface area (Å²) in [6.45, 7) is 3.64. The quantitative estimate of drug-likeness (QED) is 0.698. The molecule has 0 saturated heterocycles. The van der Waals surface area contributed by atoms with Gasteiger partial charge in [-0.05, 0) is 17.7 Å². The van der Waals surface area contributed by atoms with Crippen molar-refractivity contribution in [2.75, 3.05) is 0 Å². The zero-order chi connectivity index (χ0) is 13.2. The summed E-state index contributed by atoms with van der Waals surface area (Å²) in [5.41, 5.74) is 3.03. The van der Waals surface area contributed by atoms with Crippen molar-refractivity contribution in [3.63, 3.8) is 0 Å². The molecule has 0 radical (unpaired) electrons. The molecule has 0 atom stereocenters. The molecule has 4 heteroatoms. The third-order valence-corrected chi connectivity index (χ3v) is 2.86. The molecule has 4 nitrogen and oxygen atoms in total. The fraction of sp³-hybridized carbons (Fsp3) is 0. The molecule has 3 rings (SSSR count). The second-order valence-corrected chi connectivity index (χ2v) is 4.06. The summed E-state index contributed by atoms with van der Waals surface area (Å²) >= 11 is 0. The number of benzene rings is 1. The predicted molar refractivity (Wildman–Crippen MR) is 73.2 cm³/mol. The Kier molecular flexibility index (Phi) is 2.58. The average molecular weight is 246 g/mol. The molecule has 0 unspecified atom stereocenters. The van der Waals surface area contributed by atoms with Gasteiger partial charge in [-0.2, -0.15) is 5.26 Å². The molecule has 0 aliphatic rings. The number of aromatic nitrogens is 3. The maximum atomic E-state index is 9.23. The van der Waals surface area contributed by atoms with Gasteiger partial charge in [-0.25, -0.2) is 9.50 Å². The van der Waals surface area contributed by atoms with Gasteiger partial charge < -0.3 is 0 Å². The van der Waals surface area contributed by atoms with Gasteiger partial charge in [0.05, 0.1) is 5.56 Å². The maximum Gasteiger partial charge on any atom is 0.174 e. The SMILES string of the molecule is C=Cc1nc2c(C#N)cc(-c3ccccc3)cn2n1. The van der Waals surface area contributed by atoms with Gasteiger partial charge >= 0.3 is 0 Å². The Morgan fingerprint density at radius 2 is 2.00 bits per heavy atom. The molecule has 0 aliphatic heterocycles. The first-order valence-electron chi connectivity index (χ1n) is 5.80. The maximum absolute atomic E-state index is 9.23. The van der Waals surface area contributed by atoms with Crippen LogP contribution in [0.15, 0.2) is 49.2 Å². The molecule has 90 valence electrons. The Bertz CT molecular complexity index is 794. The van der Waals surface area contributed by atoms with Crippen LogP contribution in [0.3, 0.4) is 0 Å². The van der Waals surface area contributed by atoms with E-state index < -0.39 is 0 Å². The van der Waals surface area contributed by atoms with E-state index in [1.165, 1.54) is 0 Å². The van der Waals surface area contributed by atoms with Gasteiger partial charge in [0, 0.05) is 11.8 Å². The van der Waals surface area contributed by atoms with Crippen LogP contribution in [-0.2, 0) is 0 Å². The number of hydrogen-bond acceptors (Lipinski definition) is 3. The van der Waals surface area contributed by atoms with Crippen LogP contribution in [0, 0.1) is 11.3 Å². The van der Waals surface area contributed by atoms with Crippen LogP contribution in [0.2, 0.25) is 0 Å². The van der Waals surface area contributed by atoms with Crippen molar-refractivity contribution in [1.29, 1.82) is 5.26 Å². The number of fused-ring (bicyclic) bond motifs is 1. The Morgan fingerprint density at radius 1 is 1.21 bits per heavy atom. The highest BCUT2D eigenvalue weighted by molar-refractivity contribution is 5.69. The van der Waals surface area contributed by atoms with Crippen LogP contribution in [0.1, 0.15) is 11.4 Å². The second kappa shape index (κ2) is 4.39. The van der Waals surface area contributed by atoms with Gasteiger partial charge in [-0.1, -0.05) is 36.9 Å². The largest absolute Gasteiger partial charge is 0.219 e. The molecule has 0 fully saturated rings. The van der Waals surface area contributed by atoms with E-state index in [0.29, 0.717) is 17.0 Å². The number of nitriles is 1. The van der Waals surface area contributed by atoms with Crippen molar-refractivity contribution in [3.8, 4) is 17.2 Å². The summed E-state index contributed by atoms with van der Waals surface area (Å²) in [6.07, 6.45) is 3.43. The predicted octanol–water partition coefficient (Wildman–Crippen LogP) is 2.91. The van der Waals surface area contributed by atoms with Crippen LogP contribution in [0.4, 0.5) is 0 Å². The molecule has 0 spiro atoms. The van der Waals surface area contributed by atoms with E-state index in [9.17, 15) is 5.26 Å². The van der Waals surface area contributed by atoms with Crippen molar-refractivity contribution >= 4 is 11.7 Å². The lowest BCUT2D eigenvalue weighted by Gasteiger charge is -2.03. The molecule has 2 heterocycles. The van der Waals surface area contributed by atoms with Gasteiger partial charge in [-0.15, -0.1) is 5.10 Å². The minimum absolute atomic E-state index is 0.502. The lowest BCUT2D eigenvalue weighted by molar-refractivity contribution is 0.953. The molecule has 19 heavy (non-hydrogen) atoms. The molecular weight excluding hydrogens is 236 g/mol. The fourth-order valence-electron chi connectivity index (χ4n) is 1.96. The highest BCUT2D eigenvalue weighted by Gasteiger charge is 2.09. The van der Waals surface area contributed by atoms with Crippen LogP contribution in [-0.4, -0.2) is 14.6 Å². The molecule has 3 aromatic rings. The molecule has 0 aliphatic carbocycles. The smallest absolute Gasteiger partial charge is 0.174 e. The first kappa shape index (κ1) is 11.2. The van der Waals surface area contributed by atoms with E-state index in [1.54, 1.807) is 10.6 Å². The van der Waals surface area contributed by atoms with E-state index >= 15 is 0 Å². The zero-order valence-corrected chi connectivity index (χ0v) is 10.1. The Morgan fingerprint density at radius 3 is 2.68 bits per heavy atom. The molecule has 0 bridgehead atoms. The second-order valence-electron chi connectivity index (χ2n) is 4.06. The zero-order valence-electron chi connectivity index (χ0n) is 10.1. The van der Waals surface area contributed by atoms with Gasteiger partial charge in [-0.3, -0.25) is 0 Å². The minimum atomic E-state index is 0.502. The van der Waals surface area contributed by atoms with Crippen molar-refractivity contribution in [3.05, 3.63) is 60.6 Å². The Hall–Kier alpha value is -2.93. The molecule has 0 amide bonds. The average Bonchev–Trinajstić information content (AvgIpc) is 2.90. The van der Waals surface area contributed by atoms with Gasteiger partial charge in [0.1, 0.15) is 6.07 Å². The summed E-state index contributed by atoms with van der Waals surface area (Å²) in [5, 5.41) is 13.5. The van der Waals surface area contributed by atoms with E-state index in [-0.39, 0.29) is 0 Å². The summed E-state index contributed by atoms with van der Waals surface area (Å²) in [6, 6.07) is 13.9.